The van der Waals surface area contributed by atoms with Gasteiger partial charge in [-0.15, -0.1) is 24.0 Å². The van der Waals surface area contributed by atoms with Crippen LogP contribution in [0.4, 0.5) is 10.1 Å². The van der Waals surface area contributed by atoms with Gasteiger partial charge in [0.05, 0.1) is 4.47 Å². The normalized spacial score (nSPS) is 15.2. The van der Waals surface area contributed by atoms with Gasteiger partial charge in [0.1, 0.15) is 5.82 Å². The van der Waals surface area contributed by atoms with Crippen molar-refractivity contribution < 1.29 is 4.39 Å². The minimum Gasteiger partial charge on any atom is -0.371 e. The average molecular weight is 547 g/mol. The van der Waals surface area contributed by atoms with Crippen LogP contribution in [0.15, 0.2) is 58.0 Å². The summed E-state index contributed by atoms with van der Waals surface area (Å²) >= 11 is 3.18. The van der Waals surface area contributed by atoms with Crippen LogP contribution in [0.2, 0.25) is 0 Å². The van der Waals surface area contributed by atoms with Crippen LogP contribution in [0.5, 0.6) is 0 Å². The van der Waals surface area contributed by atoms with Crippen LogP contribution >= 0.6 is 39.9 Å². The van der Waals surface area contributed by atoms with Gasteiger partial charge in [-0.3, -0.25) is 4.99 Å². The Morgan fingerprint density at radius 2 is 1.89 bits per heavy atom. The molecule has 1 fully saturated rings. The second kappa shape index (κ2) is 10.8. The summed E-state index contributed by atoms with van der Waals surface area (Å²) in [6.07, 6.45) is 2.12. The van der Waals surface area contributed by atoms with E-state index in [2.05, 4.69) is 60.7 Å². The van der Waals surface area contributed by atoms with Crippen molar-refractivity contribution in [2.45, 2.75) is 25.4 Å². The minimum absolute atomic E-state index is 0. The van der Waals surface area contributed by atoms with Crippen LogP contribution in [-0.4, -0.2) is 32.1 Å². The van der Waals surface area contributed by atoms with Crippen LogP contribution in [0, 0.1) is 5.82 Å². The van der Waals surface area contributed by atoms with Gasteiger partial charge in [0.25, 0.3) is 0 Å². The summed E-state index contributed by atoms with van der Waals surface area (Å²) in [4.78, 5) is 6.71. The van der Waals surface area contributed by atoms with Crippen molar-refractivity contribution in [1.82, 2.24) is 10.6 Å². The number of guanidine groups is 1. The molecule has 1 aliphatic heterocycles. The molecule has 2 N–H and O–H groups in total. The van der Waals surface area contributed by atoms with E-state index in [1.165, 1.54) is 11.8 Å². The number of hydrogen-bond donors (Lipinski definition) is 2. The topological polar surface area (TPSA) is 39.7 Å². The lowest BCUT2D eigenvalue weighted by Gasteiger charge is -2.34. The molecule has 2 aromatic carbocycles. The maximum atomic E-state index is 13.6. The van der Waals surface area contributed by atoms with Crippen molar-refractivity contribution in [3.63, 3.8) is 0 Å². The third kappa shape index (κ3) is 6.34. The van der Waals surface area contributed by atoms with E-state index in [-0.39, 0.29) is 29.8 Å². The van der Waals surface area contributed by atoms with Crippen LogP contribution in [-0.2, 0) is 6.54 Å². The minimum atomic E-state index is -0.250. The number of aliphatic imine (C=N–C) groups is 1. The zero-order valence-corrected chi connectivity index (χ0v) is 19.2. The van der Waals surface area contributed by atoms with Crippen molar-refractivity contribution in [1.29, 1.82) is 0 Å². The Balaban J connectivity index is 0.00000261. The highest BCUT2D eigenvalue weighted by atomic mass is 127. The number of anilines is 1. The number of rotatable bonds is 4. The Kier molecular flexibility index (Phi) is 8.82. The van der Waals surface area contributed by atoms with Gasteiger partial charge in [-0.1, -0.05) is 24.3 Å². The van der Waals surface area contributed by atoms with Gasteiger partial charge < -0.3 is 15.5 Å². The smallest absolute Gasteiger partial charge is 0.191 e. The van der Waals surface area contributed by atoms with Crippen molar-refractivity contribution in [2.24, 2.45) is 4.99 Å². The van der Waals surface area contributed by atoms with E-state index in [1.807, 2.05) is 12.1 Å². The first kappa shape index (κ1) is 21.9. The molecule has 1 heterocycles. The van der Waals surface area contributed by atoms with Crippen LogP contribution in [0.25, 0.3) is 0 Å². The quantitative estimate of drug-likeness (QED) is 0.336. The van der Waals surface area contributed by atoms with Crippen LogP contribution < -0.4 is 15.5 Å². The first-order valence-corrected chi connectivity index (χ1v) is 9.66. The Hall–Kier alpha value is -1.35. The zero-order valence-electron chi connectivity index (χ0n) is 15.3. The number of hydrogen-bond acceptors (Lipinski definition) is 2. The van der Waals surface area contributed by atoms with Gasteiger partial charge in [0.2, 0.25) is 0 Å². The third-order valence-electron chi connectivity index (χ3n) is 4.62. The predicted octanol–water partition coefficient (Wildman–Crippen LogP) is 4.54. The number of benzene rings is 2. The number of piperidine rings is 1. The molecule has 3 rings (SSSR count). The van der Waals surface area contributed by atoms with E-state index in [9.17, 15) is 4.39 Å². The van der Waals surface area contributed by atoms with Crippen molar-refractivity contribution in [3.05, 3.63) is 64.4 Å². The van der Waals surface area contributed by atoms with E-state index in [0.717, 1.165) is 37.5 Å². The molecule has 0 unspecified atom stereocenters. The van der Waals surface area contributed by atoms with Crippen molar-refractivity contribution in [3.8, 4) is 0 Å². The first-order valence-electron chi connectivity index (χ1n) is 8.87. The molecule has 4 nitrogen and oxygen atoms in total. The van der Waals surface area contributed by atoms with Gasteiger partial charge in [-0.05, 0) is 58.6 Å². The average Bonchev–Trinajstić information content (AvgIpc) is 2.69. The van der Waals surface area contributed by atoms with E-state index in [4.69, 9.17) is 0 Å². The number of para-hydroxylation sites is 1. The molecule has 2 aromatic rings. The molecule has 0 aromatic heterocycles. The van der Waals surface area contributed by atoms with Gasteiger partial charge in [0.15, 0.2) is 5.96 Å². The Morgan fingerprint density at radius 1 is 1.19 bits per heavy atom. The molecule has 27 heavy (non-hydrogen) atoms. The van der Waals surface area contributed by atoms with Crippen molar-refractivity contribution in [2.75, 3.05) is 25.0 Å². The number of halogens is 3. The molecule has 0 spiro atoms. The standard InChI is InChI=1S/C20H24BrFN4.HI/c1-23-20(24-14-15-7-8-18(21)19(22)13-15)25-16-9-11-26(12-10-16)17-5-3-2-4-6-17;/h2-8,13,16H,9-12,14H2,1H3,(H2,23,24,25);1H. The van der Waals surface area contributed by atoms with Crippen molar-refractivity contribution >= 4 is 51.6 Å². The fraction of sp³-hybridized carbons (Fsp3) is 0.350. The molecule has 0 saturated carbocycles. The summed E-state index contributed by atoms with van der Waals surface area (Å²) in [5.41, 5.74) is 2.17. The van der Waals surface area contributed by atoms with Crippen LogP contribution in [0.1, 0.15) is 18.4 Å². The van der Waals surface area contributed by atoms with E-state index >= 15 is 0 Å². The second-order valence-electron chi connectivity index (χ2n) is 6.42. The lowest BCUT2D eigenvalue weighted by atomic mass is 10.0. The lowest BCUT2D eigenvalue weighted by Crippen LogP contribution is -2.48. The van der Waals surface area contributed by atoms with Gasteiger partial charge in [0, 0.05) is 38.4 Å². The summed E-state index contributed by atoms with van der Waals surface area (Å²) < 4.78 is 14.1. The van der Waals surface area contributed by atoms with E-state index in [0.29, 0.717) is 17.1 Å². The van der Waals surface area contributed by atoms with E-state index in [1.54, 1.807) is 13.1 Å². The fourth-order valence-corrected chi connectivity index (χ4v) is 3.39. The molecule has 0 atom stereocenters. The molecule has 0 amide bonds. The molecule has 146 valence electrons. The maximum absolute atomic E-state index is 13.6. The highest BCUT2D eigenvalue weighted by Crippen LogP contribution is 2.19. The Labute approximate surface area is 185 Å². The largest absolute Gasteiger partial charge is 0.371 e. The Morgan fingerprint density at radius 3 is 2.52 bits per heavy atom. The summed E-state index contributed by atoms with van der Waals surface area (Å²) in [6.45, 7) is 2.58. The second-order valence-corrected chi connectivity index (χ2v) is 7.27. The highest BCUT2D eigenvalue weighted by Gasteiger charge is 2.20. The van der Waals surface area contributed by atoms with Gasteiger partial charge in [-0.25, -0.2) is 4.39 Å². The highest BCUT2D eigenvalue weighted by molar-refractivity contribution is 14.0. The molecule has 0 aliphatic carbocycles. The van der Waals surface area contributed by atoms with Gasteiger partial charge >= 0.3 is 0 Å². The number of nitrogens with one attached hydrogen (secondary N) is 2. The molecule has 1 saturated heterocycles. The SMILES string of the molecule is CN=C(NCc1ccc(Br)c(F)c1)NC1CCN(c2ccccc2)CC1.I. The fourth-order valence-electron chi connectivity index (χ4n) is 3.14. The summed E-state index contributed by atoms with van der Waals surface area (Å²) in [5.74, 6) is 0.506. The first-order chi connectivity index (χ1) is 12.7. The van der Waals surface area contributed by atoms with E-state index < -0.39 is 0 Å². The summed E-state index contributed by atoms with van der Waals surface area (Å²) in [5, 5.41) is 6.75. The molecule has 0 radical (unpaired) electrons. The Bertz CT molecular complexity index is 749. The maximum Gasteiger partial charge on any atom is 0.191 e. The number of nitrogens with zero attached hydrogens (tertiary/aromatic N) is 2. The van der Waals surface area contributed by atoms with Gasteiger partial charge in [-0.2, -0.15) is 0 Å². The third-order valence-corrected chi connectivity index (χ3v) is 5.27. The predicted molar refractivity (Wildman–Crippen MR) is 125 cm³/mol. The molecule has 0 bridgehead atoms. The molecular formula is C20H25BrFIN4. The molecule has 7 heteroatoms. The summed E-state index contributed by atoms with van der Waals surface area (Å²) in [6, 6.07) is 16.1. The molecule has 1 aliphatic rings. The summed E-state index contributed by atoms with van der Waals surface area (Å²) in [7, 11) is 1.76. The zero-order chi connectivity index (χ0) is 18.4. The monoisotopic (exact) mass is 546 g/mol. The lowest BCUT2D eigenvalue weighted by molar-refractivity contribution is 0.461. The van der Waals surface area contributed by atoms with Crippen LogP contribution in [0.3, 0.4) is 0 Å². The molecular weight excluding hydrogens is 522 g/mol.